The first-order chi connectivity index (χ1) is 7.84. The summed E-state index contributed by atoms with van der Waals surface area (Å²) in [6, 6.07) is 5.33. The number of hydrogen-bond acceptors (Lipinski definition) is 3. The third kappa shape index (κ3) is 3.61. The van der Waals surface area contributed by atoms with Crippen LogP contribution in [0, 0.1) is 12.3 Å². The SMILES string of the molecule is C#CC(C)NC(=O)c1ccc(S(C)(=O)=O)cc1. The zero-order chi connectivity index (χ0) is 13.1. The first-order valence-corrected chi connectivity index (χ1v) is 6.81. The van der Waals surface area contributed by atoms with Gasteiger partial charge in [0.25, 0.3) is 5.91 Å². The van der Waals surface area contributed by atoms with Crippen molar-refractivity contribution in [1.82, 2.24) is 5.32 Å². The molecule has 1 rings (SSSR count). The number of rotatable bonds is 3. The third-order valence-electron chi connectivity index (χ3n) is 2.14. The number of terminal acetylenes is 1. The van der Waals surface area contributed by atoms with Crippen LogP contribution in [0.3, 0.4) is 0 Å². The Morgan fingerprint density at radius 1 is 1.35 bits per heavy atom. The van der Waals surface area contributed by atoms with Gasteiger partial charge in [-0.3, -0.25) is 4.79 Å². The third-order valence-corrected chi connectivity index (χ3v) is 3.27. The second kappa shape index (κ2) is 5.02. The van der Waals surface area contributed by atoms with Crippen molar-refractivity contribution in [3.8, 4) is 12.3 Å². The van der Waals surface area contributed by atoms with Gasteiger partial charge >= 0.3 is 0 Å². The lowest BCUT2D eigenvalue weighted by Crippen LogP contribution is -2.31. The van der Waals surface area contributed by atoms with Gasteiger partial charge in [0.1, 0.15) is 0 Å². The van der Waals surface area contributed by atoms with Crippen molar-refractivity contribution in [2.45, 2.75) is 17.9 Å². The summed E-state index contributed by atoms with van der Waals surface area (Å²) in [5.41, 5.74) is 0.375. The van der Waals surface area contributed by atoms with E-state index in [0.717, 1.165) is 6.26 Å². The first-order valence-electron chi connectivity index (χ1n) is 4.91. The highest BCUT2D eigenvalue weighted by molar-refractivity contribution is 7.90. The summed E-state index contributed by atoms with van der Waals surface area (Å²) in [5, 5.41) is 2.58. The molecule has 0 radical (unpaired) electrons. The van der Waals surface area contributed by atoms with E-state index in [9.17, 15) is 13.2 Å². The van der Waals surface area contributed by atoms with Crippen molar-refractivity contribution in [3.05, 3.63) is 29.8 Å². The summed E-state index contributed by atoms with van der Waals surface area (Å²) in [7, 11) is -3.24. The molecule has 1 aromatic carbocycles. The molecular weight excluding hydrogens is 238 g/mol. The number of carbonyl (C=O) groups excluding carboxylic acids is 1. The number of benzene rings is 1. The zero-order valence-electron chi connectivity index (χ0n) is 9.60. The number of sulfone groups is 1. The molecule has 1 N–H and O–H groups in total. The van der Waals surface area contributed by atoms with E-state index in [0.29, 0.717) is 5.56 Å². The van der Waals surface area contributed by atoms with Crippen LogP contribution in [0.2, 0.25) is 0 Å². The van der Waals surface area contributed by atoms with Crippen molar-refractivity contribution in [3.63, 3.8) is 0 Å². The Balaban J connectivity index is 2.89. The van der Waals surface area contributed by atoms with E-state index in [2.05, 4.69) is 11.2 Å². The molecule has 1 atom stereocenters. The van der Waals surface area contributed by atoms with Gasteiger partial charge in [0, 0.05) is 11.8 Å². The van der Waals surface area contributed by atoms with Crippen molar-refractivity contribution in [2.24, 2.45) is 0 Å². The monoisotopic (exact) mass is 251 g/mol. The molecule has 17 heavy (non-hydrogen) atoms. The lowest BCUT2D eigenvalue weighted by Gasteiger charge is -2.07. The molecule has 1 aromatic rings. The second-order valence-electron chi connectivity index (χ2n) is 3.66. The van der Waals surface area contributed by atoms with Crippen LogP contribution >= 0.6 is 0 Å². The number of amides is 1. The lowest BCUT2D eigenvalue weighted by molar-refractivity contribution is 0.0948. The summed E-state index contributed by atoms with van der Waals surface area (Å²) in [5.74, 6) is 2.05. The minimum atomic E-state index is -3.24. The Labute approximate surface area is 101 Å². The van der Waals surface area contributed by atoms with Crippen molar-refractivity contribution >= 4 is 15.7 Å². The van der Waals surface area contributed by atoms with Gasteiger partial charge in [0.05, 0.1) is 10.9 Å². The molecule has 1 unspecified atom stereocenters. The van der Waals surface area contributed by atoms with Crippen molar-refractivity contribution in [2.75, 3.05) is 6.26 Å². The molecule has 0 aliphatic heterocycles. The maximum Gasteiger partial charge on any atom is 0.252 e. The van der Waals surface area contributed by atoms with Crippen LogP contribution in [0.25, 0.3) is 0 Å². The highest BCUT2D eigenvalue weighted by Crippen LogP contribution is 2.10. The van der Waals surface area contributed by atoms with Crippen LogP contribution in [0.4, 0.5) is 0 Å². The summed E-state index contributed by atoms with van der Waals surface area (Å²) in [6.07, 6.45) is 6.25. The molecule has 5 heteroatoms. The van der Waals surface area contributed by atoms with Gasteiger partial charge in [-0.1, -0.05) is 5.92 Å². The fourth-order valence-corrected chi connectivity index (χ4v) is 1.81. The smallest absolute Gasteiger partial charge is 0.252 e. The Morgan fingerprint density at radius 3 is 2.29 bits per heavy atom. The molecule has 90 valence electrons. The first kappa shape index (κ1) is 13.3. The Bertz CT molecular complexity index is 552. The molecular formula is C12H13NO3S. The molecule has 0 aromatic heterocycles. The molecule has 0 fully saturated rings. The summed E-state index contributed by atoms with van der Waals surface area (Å²) in [6.45, 7) is 1.68. The van der Waals surface area contributed by atoms with Crippen molar-refractivity contribution in [1.29, 1.82) is 0 Å². The van der Waals surface area contributed by atoms with Crippen LogP contribution in [-0.2, 0) is 9.84 Å². The Hall–Kier alpha value is -1.80. The van der Waals surface area contributed by atoms with E-state index in [1.165, 1.54) is 24.3 Å². The fraction of sp³-hybridized carbons (Fsp3) is 0.250. The predicted molar refractivity (Wildman–Crippen MR) is 65.3 cm³/mol. The van der Waals surface area contributed by atoms with E-state index in [-0.39, 0.29) is 16.8 Å². The summed E-state index contributed by atoms with van der Waals surface area (Å²) >= 11 is 0. The van der Waals surface area contributed by atoms with Gasteiger partial charge in [0.2, 0.25) is 0 Å². The highest BCUT2D eigenvalue weighted by Gasteiger charge is 2.10. The molecule has 0 spiro atoms. The normalized spacial score (nSPS) is 12.5. The maximum atomic E-state index is 11.6. The molecule has 1 amide bonds. The molecule has 0 aliphatic carbocycles. The van der Waals surface area contributed by atoms with E-state index in [4.69, 9.17) is 6.42 Å². The molecule has 0 aliphatic rings. The van der Waals surface area contributed by atoms with Crippen LogP contribution < -0.4 is 5.32 Å². The Kier molecular flexibility index (Phi) is 3.92. The topological polar surface area (TPSA) is 63.2 Å². The molecule has 0 bridgehead atoms. The van der Waals surface area contributed by atoms with Gasteiger partial charge in [0.15, 0.2) is 9.84 Å². The van der Waals surface area contributed by atoms with E-state index < -0.39 is 9.84 Å². The predicted octanol–water partition coefficient (Wildman–Crippen LogP) is 0.842. The number of nitrogens with one attached hydrogen (secondary N) is 1. The lowest BCUT2D eigenvalue weighted by atomic mass is 10.2. The quantitative estimate of drug-likeness (QED) is 0.810. The van der Waals surface area contributed by atoms with Gasteiger partial charge in [-0.15, -0.1) is 6.42 Å². The highest BCUT2D eigenvalue weighted by atomic mass is 32.2. The molecule has 0 saturated heterocycles. The van der Waals surface area contributed by atoms with Gasteiger partial charge in [-0.05, 0) is 31.2 Å². The van der Waals surface area contributed by atoms with Gasteiger partial charge in [-0.25, -0.2) is 8.42 Å². The largest absolute Gasteiger partial charge is 0.339 e. The summed E-state index contributed by atoms with van der Waals surface area (Å²) < 4.78 is 22.4. The Morgan fingerprint density at radius 2 is 1.88 bits per heavy atom. The van der Waals surface area contributed by atoms with Gasteiger partial charge in [-0.2, -0.15) is 0 Å². The molecule has 4 nitrogen and oxygen atoms in total. The standard InChI is InChI=1S/C12H13NO3S/c1-4-9(2)13-12(14)10-5-7-11(8-6-10)17(3,15)16/h1,5-9H,2-3H3,(H,13,14). The van der Waals surface area contributed by atoms with Crippen molar-refractivity contribution < 1.29 is 13.2 Å². The zero-order valence-corrected chi connectivity index (χ0v) is 10.4. The van der Waals surface area contributed by atoms with Crippen LogP contribution in [0.1, 0.15) is 17.3 Å². The van der Waals surface area contributed by atoms with Crippen LogP contribution in [0.5, 0.6) is 0 Å². The van der Waals surface area contributed by atoms with Gasteiger partial charge < -0.3 is 5.32 Å². The fourth-order valence-electron chi connectivity index (χ4n) is 1.18. The average molecular weight is 251 g/mol. The molecule has 0 heterocycles. The van der Waals surface area contributed by atoms with E-state index in [1.54, 1.807) is 6.92 Å². The summed E-state index contributed by atoms with van der Waals surface area (Å²) in [4.78, 5) is 11.8. The maximum absolute atomic E-state index is 11.6. The number of carbonyl (C=O) groups is 1. The van der Waals surface area contributed by atoms with E-state index in [1.807, 2.05) is 0 Å². The number of hydrogen-bond donors (Lipinski definition) is 1. The van der Waals surface area contributed by atoms with Crippen LogP contribution in [0.15, 0.2) is 29.2 Å². The minimum absolute atomic E-state index is 0.180. The average Bonchev–Trinajstić information content (AvgIpc) is 2.27. The van der Waals surface area contributed by atoms with Crippen LogP contribution in [-0.4, -0.2) is 26.6 Å². The molecule has 0 saturated carbocycles. The minimum Gasteiger partial charge on any atom is -0.339 e. The van der Waals surface area contributed by atoms with E-state index >= 15 is 0 Å². The second-order valence-corrected chi connectivity index (χ2v) is 5.67.